The Bertz CT molecular complexity index is 728. The fourth-order valence-corrected chi connectivity index (χ4v) is 2.67. The molecular weight excluding hydrogens is 290 g/mol. The Labute approximate surface area is 136 Å². The van der Waals surface area contributed by atoms with E-state index in [2.05, 4.69) is 10.2 Å². The lowest BCUT2D eigenvalue weighted by Crippen LogP contribution is -2.36. The molecule has 0 radical (unpaired) electrons. The zero-order valence-corrected chi connectivity index (χ0v) is 13.7. The van der Waals surface area contributed by atoms with E-state index in [0.717, 1.165) is 29.4 Å². The van der Waals surface area contributed by atoms with Gasteiger partial charge in [-0.15, -0.1) is 0 Å². The maximum absolute atomic E-state index is 13.0. The van der Waals surface area contributed by atoms with Gasteiger partial charge < -0.3 is 19.9 Å². The standard InChI is InChI=1S/C18H21N3O2/c1-20(2)10-11-21-17-12-13(23-3)8-9-16(17)19-15-7-5-4-6-14(15)18(21)22/h4-9,12,19H,10-11H2,1-3H3. The molecule has 0 saturated heterocycles. The number of hydrogen-bond donors (Lipinski definition) is 1. The van der Waals surface area contributed by atoms with Crippen molar-refractivity contribution in [3.63, 3.8) is 0 Å². The molecule has 3 rings (SSSR count). The topological polar surface area (TPSA) is 44.8 Å². The summed E-state index contributed by atoms with van der Waals surface area (Å²) in [4.78, 5) is 16.9. The number of benzene rings is 2. The third-order valence-corrected chi connectivity index (χ3v) is 3.94. The fourth-order valence-electron chi connectivity index (χ4n) is 2.67. The second kappa shape index (κ2) is 6.30. The third-order valence-electron chi connectivity index (χ3n) is 3.94. The first-order valence-electron chi connectivity index (χ1n) is 7.61. The molecule has 0 bridgehead atoms. The van der Waals surface area contributed by atoms with Crippen LogP contribution in [0.1, 0.15) is 10.4 Å². The molecule has 0 aliphatic carbocycles. The van der Waals surface area contributed by atoms with Gasteiger partial charge in [0.05, 0.1) is 29.7 Å². The average Bonchev–Trinajstić information content (AvgIpc) is 2.67. The molecule has 5 nitrogen and oxygen atoms in total. The normalized spacial score (nSPS) is 13.2. The molecule has 1 amide bonds. The van der Waals surface area contributed by atoms with Gasteiger partial charge >= 0.3 is 0 Å². The highest BCUT2D eigenvalue weighted by Crippen LogP contribution is 2.37. The molecule has 5 heteroatoms. The van der Waals surface area contributed by atoms with Gasteiger partial charge in [0.2, 0.25) is 0 Å². The van der Waals surface area contributed by atoms with E-state index in [-0.39, 0.29) is 5.91 Å². The first-order valence-corrected chi connectivity index (χ1v) is 7.61. The largest absolute Gasteiger partial charge is 0.497 e. The van der Waals surface area contributed by atoms with Crippen molar-refractivity contribution in [3.8, 4) is 5.75 Å². The number of carbonyl (C=O) groups is 1. The summed E-state index contributed by atoms with van der Waals surface area (Å²) in [6.45, 7) is 1.40. The van der Waals surface area contributed by atoms with E-state index in [1.54, 1.807) is 7.11 Å². The lowest BCUT2D eigenvalue weighted by molar-refractivity contribution is 0.0986. The number of nitrogens with one attached hydrogen (secondary N) is 1. The van der Waals surface area contributed by atoms with E-state index in [0.29, 0.717) is 12.1 Å². The number of hydrogen-bond acceptors (Lipinski definition) is 4. The van der Waals surface area contributed by atoms with Crippen molar-refractivity contribution in [2.24, 2.45) is 0 Å². The highest BCUT2D eigenvalue weighted by molar-refractivity contribution is 6.13. The van der Waals surface area contributed by atoms with Gasteiger partial charge in [0.1, 0.15) is 5.75 Å². The predicted molar refractivity (Wildman–Crippen MR) is 92.9 cm³/mol. The minimum absolute atomic E-state index is 0.00181. The number of anilines is 3. The fraction of sp³-hybridized carbons (Fsp3) is 0.278. The van der Waals surface area contributed by atoms with Gasteiger partial charge in [0, 0.05) is 19.2 Å². The van der Waals surface area contributed by atoms with Gasteiger partial charge in [-0.05, 0) is 38.4 Å². The monoisotopic (exact) mass is 311 g/mol. The van der Waals surface area contributed by atoms with E-state index < -0.39 is 0 Å². The smallest absolute Gasteiger partial charge is 0.260 e. The van der Waals surface area contributed by atoms with Gasteiger partial charge in [-0.3, -0.25) is 4.79 Å². The van der Waals surface area contributed by atoms with Crippen LogP contribution in [0.5, 0.6) is 5.75 Å². The Kier molecular flexibility index (Phi) is 4.21. The number of para-hydroxylation sites is 1. The summed E-state index contributed by atoms with van der Waals surface area (Å²) in [7, 11) is 5.63. The molecule has 1 aliphatic heterocycles. The molecule has 120 valence electrons. The molecule has 2 aromatic rings. The predicted octanol–water partition coefficient (Wildman–Crippen LogP) is 2.96. The van der Waals surface area contributed by atoms with Crippen molar-refractivity contribution in [1.29, 1.82) is 0 Å². The van der Waals surface area contributed by atoms with Crippen molar-refractivity contribution in [2.75, 3.05) is 44.5 Å². The quantitative estimate of drug-likeness (QED) is 0.943. The number of carbonyl (C=O) groups excluding carboxylic acids is 1. The second-order valence-corrected chi connectivity index (χ2v) is 5.81. The van der Waals surface area contributed by atoms with Gasteiger partial charge in [-0.1, -0.05) is 12.1 Å². The number of likely N-dealkylation sites (N-methyl/N-ethyl adjacent to an activating group) is 1. The summed E-state index contributed by atoms with van der Waals surface area (Å²) in [5, 5.41) is 3.37. The average molecular weight is 311 g/mol. The molecule has 0 aromatic heterocycles. The molecule has 0 unspecified atom stereocenters. The van der Waals surface area contributed by atoms with Crippen molar-refractivity contribution in [1.82, 2.24) is 4.90 Å². The first-order chi connectivity index (χ1) is 11.1. The molecule has 1 aliphatic rings. The molecule has 0 fully saturated rings. The van der Waals surface area contributed by atoms with Crippen molar-refractivity contribution in [3.05, 3.63) is 48.0 Å². The summed E-state index contributed by atoms with van der Waals surface area (Å²) in [6, 6.07) is 13.4. The van der Waals surface area contributed by atoms with Crippen LogP contribution in [-0.2, 0) is 0 Å². The Morgan fingerprint density at radius 1 is 1.13 bits per heavy atom. The summed E-state index contributed by atoms with van der Waals surface area (Å²) >= 11 is 0. The highest BCUT2D eigenvalue weighted by atomic mass is 16.5. The molecule has 2 aromatic carbocycles. The van der Waals surface area contributed by atoms with Gasteiger partial charge in [0.25, 0.3) is 5.91 Å². The van der Waals surface area contributed by atoms with Crippen LogP contribution in [-0.4, -0.2) is 45.1 Å². The van der Waals surface area contributed by atoms with Crippen molar-refractivity contribution >= 4 is 23.0 Å². The van der Waals surface area contributed by atoms with E-state index in [9.17, 15) is 4.79 Å². The summed E-state index contributed by atoms with van der Waals surface area (Å²) in [5.41, 5.74) is 3.26. The van der Waals surface area contributed by atoms with Gasteiger partial charge in [-0.25, -0.2) is 0 Å². The van der Waals surface area contributed by atoms with E-state index >= 15 is 0 Å². The van der Waals surface area contributed by atoms with Gasteiger partial charge in [-0.2, -0.15) is 0 Å². The lowest BCUT2D eigenvalue weighted by atomic mass is 10.1. The summed E-state index contributed by atoms with van der Waals surface area (Å²) in [5.74, 6) is 0.737. The lowest BCUT2D eigenvalue weighted by Gasteiger charge is -2.25. The molecule has 0 atom stereocenters. The van der Waals surface area contributed by atoms with Crippen LogP contribution in [0.25, 0.3) is 0 Å². The first kappa shape index (κ1) is 15.4. The third kappa shape index (κ3) is 3.00. The number of amides is 1. The minimum Gasteiger partial charge on any atom is -0.497 e. The maximum atomic E-state index is 13.0. The summed E-state index contributed by atoms with van der Waals surface area (Å²) in [6.07, 6.45) is 0. The summed E-state index contributed by atoms with van der Waals surface area (Å²) < 4.78 is 5.33. The SMILES string of the molecule is COc1ccc2c(c1)N(CCN(C)C)C(=O)c1ccccc1N2. The van der Waals surface area contributed by atoms with E-state index in [4.69, 9.17) is 4.74 Å². The van der Waals surface area contributed by atoms with Crippen LogP contribution in [0, 0.1) is 0 Å². The number of ether oxygens (including phenoxy) is 1. The Hall–Kier alpha value is -2.53. The molecule has 1 heterocycles. The van der Waals surface area contributed by atoms with Crippen molar-refractivity contribution in [2.45, 2.75) is 0 Å². The van der Waals surface area contributed by atoms with Crippen LogP contribution < -0.4 is 15.0 Å². The Morgan fingerprint density at radius 2 is 1.91 bits per heavy atom. The number of methoxy groups -OCH3 is 1. The Balaban J connectivity index is 2.10. The molecule has 1 N–H and O–H groups in total. The number of nitrogens with zero attached hydrogens (tertiary/aromatic N) is 2. The van der Waals surface area contributed by atoms with Crippen molar-refractivity contribution < 1.29 is 9.53 Å². The zero-order valence-electron chi connectivity index (χ0n) is 13.7. The zero-order chi connectivity index (χ0) is 16.4. The number of rotatable bonds is 4. The second-order valence-electron chi connectivity index (χ2n) is 5.81. The van der Waals surface area contributed by atoms with E-state index in [1.807, 2.05) is 61.5 Å². The highest BCUT2D eigenvalue weighted by Gasteiger charge is 2.26. The molecule has 0 spiro atoms. The van der Waals surface area contributed by atoms with Crippen LogP contribution in [0.2, 0.25) is 0 Å². The molecular formula is C18H21N3O2. The van der Waals surface area contributed by atoms with Crippen LogP contribution in [0.15, 0.2) is 42.5 Å². The van der Waals surface area contributed by atoms with Crippen LogP contribution in [0.3, 0.4) is 0 Å². The van der Waals surface area contributed by atoms with Crippen LogP contribution >= 0.6 is 0 Å². The molecule has 23 heavy (non-hydrogen) atoms. The minimum atomic E-state index is 0.00181. The molecule has 0 saturated carbocycles. The van der Waals surface area contributed by atoms with E-state index in [1.165, 1.54) is 0 Å². The maximum Gasteiger partial charge on any atom is 0.260 e. The van der Waals surface area contributed by atoms with Gasteiger partial charge in [0.15, 0.2) is 0 Å². The Morgan fingerprint density at radius 3 is 2.65 bits per heavy atom. The van der Waals surface area contributed by atoms with Crippen LogP contribution in [0.4, 0.5) is 17.1 Å². The number of fused-ring (bicyclic) bond motifs is 2.